The normalized spacial score (nSPS) is 21.8. The largest absolute Gasteiger partial charge is 0.480 e. The SMILES string of the molecule is NC(=O)C[C@H](NC(=O)N[C@@H](CO)C(=O)O)c1nc([C@@H]2C[C@@H](O)CN2)no1. The van der Waals surface area contributed by atoms with Crippen LogP contribution >= 0.6 is 0 Å². The third-order valence-electron chi connectivity index (χ3n) is 3.67. The second kappa shape index (κ2) is 8.55. The first kappa shape index (κ1) is 19.6. The number of carbonyl (C=O) groups excluding carboxylic acids is 2. The fraction of sp³-hybridized carbons (Fsp3) is 0.615. The van der Waals surface area contributed by atoms with Crippen LogP contribution in [0.3, 0.4) is 0 Å². The number of aliphatic carboxylic acids is 1. The lowest BCUT2D eigenvalue weighted by molar-refractivity contribution is -0.140. The first-order valence-electron chi connectivity index (χ1n) is 7.74. The van der Waals surface area contributed by atoms with Gasteiger partial charge < -0.3 is 41.5 Å². The Kier molecular flexibility index (Phi) is 6.43. The number of carboxylic acids is 1. The van der Waals surface area contributed by atoms with E-state index in [2.05, 4.69) is 20.8 Å². The number of rotatable bonds is 8. The molecule has 1 saturated heterocycles. The van der Waals surface area contributed by atoms with E-state index in [0.29, 0.717) is 13.0 Å². The summed E-state index contributed by atoms with van der Waals surface area (Å²) in [6.45, 7) is -0.443. The summed E-state index contributed by atoms with van der Waals surface area (Å²) in [7, 11) is 0. The van der Waals surface area contributed by atoms with Crippen LogP contribution in [0.2, 0.25) is 0 Å². The third-order valence-corrected chi connectivity index (χ3v) is 3.67. The van der Waals surface area contributed by atoms with Gasteiger partial charge in [-0.25, -0.2) is 9.59 Å². The summed E-state index contributed by atoms with van der Waals surface area (Å²) in [6.07, 6.45) is -0.532. The van der Waals surface area contributed by atoms with Crippen LogP contribution in [0.4, 0.5) is 4.79 Å². The summed E-state index contributed by atoms with van der Waals surface area (Å²) >= 11 is 0. The maximum Gasteiger partial charge on any atom is 0.328 e. The summed E-state index contributed by atoms with van der Waals surface area (Å²) in [4.78, 5) is 38.1. The monoisotopic (exact) mass is 372 g/mol. The first-order valence-corrected chi connectivity index (χ1v) is 7.74. The number of aliphatic hydroxyl groups excluding tert-OH is 2. The number of nitrogens with one attached hydrogen (secondary N) is 3. The standard InChI is InChI=1S/C13H20N6O7/c14-9(22)2-7(16-13(25)17-8(4-20)12(23)24)11-18-10(19-26-11)6-1-5(21)3-15-6/h5-8,15,20-21H,1-4H2,(H2,14,22)(H,23,24)(H2,16,17,25)/t5-,6+,7+,8+/m1/s1. The van der Waals surface area contributed by atoms with Gasteiger partial charge in [0.1, 0.15) is 6.04 Å². The van der Waals surface area contributed by atoms with Crippen molar-refractivity contribution in [3.8, 4) is 0 Å². The minimum Gasteiger partial charge on any atom is -0.480 e. The van der Waals surface area contributed by atoms with Crippen molar-refractivity contribution in [2.45, 2.75) is 37.1 Å². The Hall–Kier alpha value is -2.77. The lowest BCUT2D eigenvalue weighted by Crippen LogP contribution is -2.49. The van der Waals surface area contributed by atoms with E-state index in [1.54, 1.807) is 0 Å². The highest BCUT2D eigenvalue weighted by atomic mass is 16.5. The Bertz CT molecular complexity index is 665. The van der Waals surface area contributed by atoms with Gasteiger partial charge in [0, 0.05) is 6.54 Å². The molecule has 0 spiro atoms. The summed E-state index contributed by atoms with van der Waals surface area (Å²) in [5.41, 5.74) is 5.15. The number of carboxylic acid groups (broad SMARTS) is 1. The molecule has 0 aliphatic carbocycles. The number of hydrogen-bond acceptors (Lipinski definition) is 9. The molecule has 13 heteroatoms. The molecule has 144 valence electrons. The van der Waals surface area contributed by atoms with E-state index in [1.165, 1.54) is 0 Å². The van der Waals surface area contributed by atoms with E-state index in [-0.39, 0.29) is 24.2 Å². The Labute approximate surface area is 146 Å². The molecule has 1 aliphatic rings. The van der Waals surface area contributed by atoms with E-state index in [9.17, 15) is 19.5 Å². The zero-order chi connectivity index (χ0) is 19.3. The molecule has 8 N–H and O–H groups in total. The van der Waals surface area contributed by atoms with Crippen molar-refractivity contribution in [1.82, 2.24) is 26.1 Å². The third kappa shape index (κ3) is 5.11. The van der Waals surface area contributed by atoms with Gasteiger partial charge in [-0.3, -0.25) is 4.79 Å². The van der Waals surface area contributed by atoms with Crippen LogP contribution < -0.4 is 21.7 Å². The topological polar surface area (TPSA) is 213 Å². The van der Waals surface area contributed by atoms with Crippen molar-refractivity contribution in [3.05, 3.63) is 11.7 Å². The Morgan fingerprint density at radius 2 is 2.12 bits per heavy atom. The van der Waals surface area contributed by atoms with Gasteiger partial charge in [0.2, 0.25) is 11.8 Å². The van der Waals surface area contributed by atoms with Crippen molar-refractivity contribution in [2.75, 3.05) is 13.2 Å². The molecule has 2 heterocycles. The Balaban J connectivity index is 2.07. The van der Waals surface area contributed by atoms with Gasteiger partial charge in [0.25, 0.3) is 0 Å². The van der Waals surface area contributed by atoms with Crippen LogP contribution in [0.25, 0.3) is 0 Å². The Morgan fingerprint density at radius 3 is 2.65 bits per heavy atom. The van der Waals surface area contributed by atoms with Gasteiger partial charge in [0.15, 0.2) is 11.9 Å². The second-order valence-corrected chi connectivity index (χ2v) is 5.76. The minimum atomic E-state index is -1.52. The molecule has 0 unspecified atom stereocenters. The molecular weight excluding hydrogens is 352 g/mol. The molecule has 2 rings (SSSR count). The number of carbonyl (C=O) groups is 3. The second-order valence-electron chi connectivity index (χ2n) is 5.76. The number of urea groups is 1. The van der Waals surface area contributed by atoms with Crippen molar-refractivity contribution in [2.24, 2.45) is 5.73 Å². The smallest absolute Gasteiger partial charge is 0.328 e. The molecule has 0 bridgehead atoms. The quantitative estimate of drug-likeness (QED) is 0.247. The average Bonchev–Trinajstić information content (AvgIpc) is 3.20. The highest BCUT2D eigenvalue weighted by Crippen LogP contribution is 2.23. The molecule has 1 aromatic heterocycles. The summed E-state index contributed by atoms with van der Waals surface area (Å²) < 4.78 is 5.06. The van der Waals surface area contributed by atoms with Crippen LogP contribution in [0.5, 0.6) is 0 Å². The molecule has 26 heavy (non-hydrogen) atoms. The number of primary amides is 1. The molecule has 0 radical (unpaired) electrons. The molecule has 3 amide bonds. The van der Waals surface area contributed by atoms with Gasteiger partial charge in [-0.15, -0.1) is 0 Å². The van der Waals surface area contributed by atoms with E-state index in [4.69, 9.17) is 20.5 Å². The number of β-amino-alcohol motifs (C(OH)–C–C–N with tert-alkyl or cyclic N) is 1. The van der Waals surface area contributed by atoms with E-state index in [1.807, 2.05) is 5.32 Å². The van der Waals surface area contributed by atoms with Gasteiger partial charge in [-0.05, 0) is 6.42 Å². The lowest BCUT2D eigenvalue weighted by atomic mass is 10.2. The zero-order valence-electron chi connectivity index (χ0n) is 13.6. The average molecular weight is 372 g/mol. The van der Waals surface area contributed by atoms with Crippen LogP contribution in [0, 0.1) is 0 Å². The highest BCUT2D eigenvalue weighted by molar-refractivity contribution is 5.83. The van der Waals surface area contributed by atoms with Gasteiger partial charge in [0.05, 0.1) is 25.2 Å². The van der Waals surface area contributed by atoms with Crippen molar-refractivity contribution in [3.63, 3.8) is 0 Å². The fourth-order valence-electron chi connectivity index (χ4n) is 2.39. The van der Waals surface area contributed by atoms with E-state index >= 15 is 0 Å². The minimum absolute atomic E-state index is 0.104. The molecule has 1 aliphatic heterocycles. The lowest BCUT2D eigenvalue weighted by Gasteiger charge is -2.16. The number of nitrogens with zero attached hydrogens (tertiary/aromatic N) is 2. The predicted molar refractivity (Wildman–Crippen MR) is 82.4 cm³/mol. The summed E-state index contributed by atoms with van der Waals surface area (Å²) in [6, 6.07) is -3.91. The number of aromatic nitrogens is 2. The molecule has 1 fully saturated rings. The molecule has 0 aromatic carbocycles. The number of aliphatic hydroxyl groups is 2. The van der Waals surface area contributed by atoms with Crippen LogP contribution in [-0.4, -0.2) is 68.7 Å². The number of hydrogen-bond donors (Lipinski definition) is 7. The highest BCUT2D eigenvalue weighted by Gasteiger charge is 2.30. The number of amides is 3. The molecule has 13 nitrogen and oxygen atoms in total. The zero-order valence-corrected chi connectivity index (χ0v) is 13.6. The van der Waals surface area contributed by atoms with E-state index in [0.717, 1.165) is 0 Å². The Morgan fingerprint density at radius 1 is 1.38 bits per heavy atom. The van der Waals surface area contributed by atoms with Crippen molar-refractivity contribution in [1.29, 1.82) is 0 Å². The van der Waals surface area contributed by atoms with Gasteiger partial charge in [-0.1, -0.05) is 5.16 Å². The maximum atomic E-state index is 11.9. The van der Waals surface area contributed by atoms with Gasteiger partial charge >= 0.3 is 12.0 Å². The molecular formula is C13H20N6O7. The van der Waals surface area contributed by atoms with E-state index < -0.39 is 42.7 Å². The summed E-state index contributed by atoms with van der Waals surface area (Å²) in [5.74, 6) is -2.05. The van der Waals surface area contributed by atoms with Crippen LogP contribution in [0.15, 0.2) is 4.52 Å². The number of nitrogens with two attached hydrogens (primary N) is 1. The fourth-order valence-corrected chi connectivity index (χ4v) is 2.39. The van der Waals surface area contributed by atoms with Crippen molar-refractivity contribution >= 4 is 17.9 Å². The molecule has 4 atom stereocenters. The molecule has 0 saturated carbocycles. The summed E-state index contributed by atoms with van der Waals surface area (Å²) in [5, 5.41) is 38.3. The predicted octanol–water partition coefficient (Wildman–Crippen LogP) is -2.87. The van der Waals surface area contributed by atoms with Crippen LogP contribution in [-0.2, 0) is 9.59 Å². The van der Waals surface area contributed by atoms with Crippen LogP contribution in [0.1, 0.15) is 36.6 Å². The first-order chi connectivity index (χ1) is 12.3. The van der Waals surface area contributed by atoms with Crippen molar-refractivity contribution < 1.29 is 34.2 Å². The molecule has 1 aromatic rings. The van der Waals surface area contributed by atoms with Gasteiger partial charge in [-0.2, -0.15) is 4.98 Å². The maximum absolute atomic E-state index is 11.9.